The van der Waals surface area contributed by atoms with Crippen molar-refractivity contribution in [3.63, 3.8) is 0 Å². The van der Waals surface area contributed by atoms with Crippen molar-refractivity contribution in [3.05, 3.63) is 11.6 Å². The molecule has 0 aliphatic rings. The van der Waals surface area contributed by atoms with Gasteiger partial charge in [-0.15, -0.1) is 0 Å². The van der Waals surface area contributed by atoms with Gasteiger partial charge in [-0.3, -0.25) is 4.79 Å². The van der Waals surface area contributed by atoms with E-state index < -0.39 is 0 Å². The molecule has 0 spiro atoms. The van der Waals surface area contributed by atoms with Gasteiger partial charge in [0.15, 0.2) is 5.78 Å². The highest BCUT2D eigenvalue weighted by molar-refractivity contribution is 5.94. The lowest BCUT2D eigenvalue weighted by Crippen LogP contribution is -2.88. The van der Waals surface area contributed by atoms with E-state index in [2.05, 4.69) is 19.2 Å². The summed E-state index contributed by atoms with van der Waals surface area (Å²) in [6.45, 7) is 8.94. The molecule has 0 aromatic carbocycles. The number of hydrogen-bond donors (Lipinski definition) is 1. The van der Waals surface area contributed by atoms with Gasteiger partial charge in [0, 0.05) is 0 Å². The van der Waals surface area contributed by atoms with Gasteiger partial charge in [-0.2, -0.15) is 0 Å². The number of carbonyl (C=O) groups is 1. The first kappa shape index (κ1) is 11.4. The summed E-state index contributed by atoms with van der Waals surface area (Å²) in [5.41, 5.74) is 0.882. The molecule has 0 heterocycles. The Kier molecular flexibility index (Phi) is 5.64. The highest BCUT2D eigenvalue weighted by Gasteiger charge is 2.04. The lowest BCUT2D eigenvalue weighted by atomic mass is 10.1. The average Bonchev–Trinajstić information content (AvgIpc) is 2.02. The van der Waals surface area contributed by atoms with E-state index in [9.17, 15) is 4.79 Å². The third kappa shape index (κ3) is 5.08. The first-order valence-electron chi connectivity index (χ1n) is 4.57. The maximum absolute atomic E-state index is 11.3. The normalized spacial score (nSPS) is 12.2. The minimum atomic E-state index is 0.273. The van der Waals surface area contributed by atoms with E-state index in [4.69, 9.17) is 0 Å². The van der Waals surface area contributed by atoms with E-state index in [0.29, 0.717) is 12.5 Å². The molecule has 0 atom stereocenters. The second-order valence-electron chi connectivity index (χ2n) is 3.41. The molecule has 2 heteroatoms. The van der Waals surface area contributed by atoms with Crippen molar-refractivity contribution in [2.75, 3.05) is 6.54 Å². The third-order valence-corrected chi connectivity index (χ3v) is 1.88. The van der Waals surface area contributed by atoms with Gasteiger partial charge in [-0.1, -0.05) is 6.08 Å². The minimum Gasteiger partial charge on any atom is -0.344 e. The van der Waals surface area contributed by atoms with Gasteiger partial charge in [0.25, 0.3) is 0 Å². The predicted octanol–water partition coefficient (Wildman–Crippen LogP) is 0.884. The van der Waals surface area contributed by atoms with Crippen LogP contribution in [0.4, 0.5) is 0 Å². The van der Waals surface area contributed by atoms with Crippen LogP contribution in [0.15, 0.2) is 11.6 Å². The van der Waals surface area contributed by atoms with E-state index in [1.165, 1.54) is 0 Å². The number of Topliss-reactive ketones (excluding diaryl/α,β-unsaturated/α-hetero) is 1. The van der Waals surface area contributed by atoms with Crippen molar-refractivity contribution in [2.45, 2.75) is 40.2 Å². The Morgan fingerprint density at radius 1 is 1.50 bits per heavy atom. The van der Waals surface area contributed by atoms with Crippen LogP contribution >= 0.6 is 0 Å². The van der Waals surface area contributed by atoms with Gasteiger partial charge in [0.2, 0.25) is 0 Å². The summed E-state index contributed by atoms with van der Waals surface area (Å²) in [5, 5.41) is 2.18. The molecule has 0 saturated carbocycles. The predicted molar refractivity (Wildman–Crippen MR) is 51.0 cm³/mol. The summed E-state index contributed by atoms with van der Waals surface area (Å²) in [6, 6.07) is 0.587. The second-order valence-corrected chi connectivity index (χ2v) is 3.41. The Labute approximate surface area is 75.0 Å². The maximum atomic E-state index is 11.3. The summed E-state index contributed by atoms with van der Waals surface area (Å²) >= 11 is 0. The zero-order valence-corrected chi connectivity index (χ0v) is 8.55. The number of quaternary nitrogens is 1. The molecule has 0 aliphatic heterocycles. The molecule has 0 fully saturated rings. The van der Waals surface area contributed by atoms with Gasteiger partial charge in [-0.25, -0.2) is 0 Å². The molecule has 0 saturated heterocycles. The van der Waals surface area contributed by atoms with Gasteiger partial charge in [0.05, 0.1) is 19.0 Å². The molecule has 0 rings (SSSR count). The quantitative estimate of drug-likeness (QED) is 0.611. The topological polar surface area (TPSA) is 33.7 Å². The second kappa shape index (κ2) is 5.95. The highest BCUT2D eigenvalue weighted by Crippen LogP contribution is 1.95. The van der Waals surface area contributed by atoms with Crippen molar-refractivity contribution < 1.29 is 10.1 Å². The van der Waals surface area contributed by atoms with Crippen LogP contribution in [0.5, 0.6) is 0 Å². The lowest BCUT2D eigenvalue weighted by molar-refractivity contribution is -0.681. The molecule has 0 aliphatic carbocycles. The first-order valence-corrected chi connectivity index (χ1v) is 4.57. The maximum Gasteiger partial charge on any atom is 0.163 e. The summed E-state index contributed by atoms with van der Waals surface area (Å²) in [5.74, 6) is 0.273. The van der Waals surface area contributed by atoms with Crippen LogP contribution in [0.25, 0.3) is 0 Å². The lowest BCUT2D eigenvalue weighted by Gasteiger charge is -2.03. The van der Waals surface area contributed by atoms with Gasteiger partial charge >= 0.3 is 0 Å². The van der Waals surface area contributed by atoms with E-state index in [-0.39, 0.29) is 5.78 Å². The summed E-state index contributed by atoms with van der Waals surface area (Å²) in [7, 11) is 0. The summed E-state index contributed by atoms with van der Waals surface area (Å²) in [6.07, 6.45) is 2.53. The van der Waals surface area contributed by atoms with Gasteiger partial charge in [0.1, 0.15) is 0 Å². The van der Waals surface area contributed by atoms with Crippen molar-refractivity contribution >= 4 is 5.78 Å². The molecule has 12 heavy (non-hydrogen) atoms. The van der Waals surface area contributed by atoms with Crippen molar-refractivity contribution in [1.29, 1.82) is 0 Å². The molecule has 70 valence electrons. The fourth-order valence-electron chi connectivity index (χ4n) is 0.906. The molecular formula is C10H20NO+. The Morgan fingerprint density at radius 3 is 2.50 bits per heavy atom. The van der Waals surface area contributed by atoms with Crippen LogP contribution in [0, 0.1) is 0 Å². The number of carbonyl (C=O) groups excluding carboxylic acids is 1. The van der Waals surface area contributed by atoms with E-state index in [1.807, 2.05) is 19.9 Å². The summed E-state index contributed by atoms with van der Waals surface area (Å²) in [4.78, 5) is 11.3. The first-order chi connectivity index (χ1) is 5.57. The number of allylic oxidation sites excluding steroid dienone is 2. The Bertz CT molecular complexity index is 171. The molecule has 0 aromatic heterocycles. The largest absolute Gasteiger partial charge is 0.344 e. The zero-order chi connectivity index (χ0) is 9.56. The molecule has 2 nitrogen and oxygen atoms in total. The SMILES string of the molecule is C/C=C(\C)C(=O)CC[NH2+]C(C)C. The smallest absolute Gasteiger partial charge is 0.163 e. The van der Waals surface area contributed by atoms with E-state index >= 15 is 0 Å². The molecule has 0 bridgehead atoms. The van der Waals surface area contributed by atoms with Crippen LogP contribution in [0.3, 0.4) is 0 Å². The highest BCUT2D eigenvalue weighted by atomic mass is 16.1. The summed E-state index contributed by atoms with van der Waals surface area (Å²) < 4.78 is 0. The zero-order valence-electron chi connectivity index (χ0n) is 8.55. The molecule has 0 aromatic rings. The number of hydrogen-bond acceptors (Lipinski definition) is 1. The van der Waals surface area contributed by atoms with E-state index in [0.717, 1.165) is 12.1 Å². The van der Waals surface area contributed by atoms with Gasteiger partial charge < -0.3 is 5.32 Å². The van der Waals surface area contributed by atoms with Crippen LogP contribution < -0.4 is 5.32 Å². The fourth-order valence-corrected chi connectivity index (χ4v) is 0.906. The average molecular weight is 170 g/mol. The van der Waals surface area contributed by atoms with Crippen molar-refractivity contribution in [2.24, 2.45) is 0 Å². The van der Waals surface area contributed by atoms with E-state index in [1.54, 1.807) is 0 Å². The minimum absolute atomic E-state index is 0.273. The third-order valence-electron chi connectivity index (χ3n) is 1.88. The van der Waals surface area contributed by atoms with Crippen molar-refractivity contribution in [3.8, 4) is 0 Å². The number of ketones is 1. The molecular weight excluding hydrogens is 150 g/mol. The molecule has 0 unspecified atom stereocenters. The Balaban J connectivity index is 3.58. The standard InChI is InChI=1S/C10H19NO/c1-5-9(4)10(12)6-7-11-8(2)3/h5,8,11H,6-7H2,1-4H3/p+1/b9-5+. The molecule has 2 N–H and O–H groups in total. The fraction of sp³-hybridized carbons (Fsp3) is 0.700. The number of rotatable bonds is 5. The Hall–Kier alpha value is -0.630. The molecule has 0 radical (unpaired) electrons. The van der Waals surface area contributed by atoms with Crippen LogP contribution in [0.2, 0.25) is 0 Å². The molecule has 0 amide bonds. The van der Waals surface area contributed by atoms with Crippen molar-refractivity contribution in [1.82, 2.24) is 0 Å². The van der Waals surface area contributed by atoms with Crippen LogP contribution in [0.1, 0.15) is 34.1 Å². The monoisotopic (exact) mass is 170 g/mol. The van der Waals surface area contributed by atoms with Crippen LogP contribution in [-0.2, 0) is 4.79 Å². The van der Waals surface area contributed by atoms with Crippen LogP contribution in [-0.4, -0.2) is 18.4 Å². The Morgan fingerprint density at radius 2 is 2.08 bits per heavy atom. The van der Waals surface area contributed by atoms with Gasteiger partial charge in [-0.05, 0) is 33.3 Å². The number of nitrogens with two attached hydrogens (primary N) is 1.